The molecule has 0 aliphatic rings. The molecule has 0 aliphatic heterocycles. The highest BCUT2D eigenvalue weighted by Gasteiger charge is 2.22. The molecule has 132 valence electrons. The van der Waals surface area contributed by atoms with E-state index in [1.165, 1.54) is 0 Å². The van der Waals surface area contributed by atoms with E-state index in [2.05, 4.69) is 0 Å². The number of nitrogens with zero attached hydrogens (tertiary/aromatic N) is 1. The molecule has 0 spiro atoms. The Kier molecular flexibility index (Phi) is 5.31. The van der Waals surface area contributed by atoms with Crippen LogP contribution in [0.4, 0.5) is 11.4 Å². The third-order valence-corrected chi connectivity index (χ3v) is 4.17. The predicted molar refractivity (Wildman–Crippen MR) is 104 cm³/mol. The van der Waals surface area contributed by atoms with Crippen LogP contribution in [0.5, 0.6) is 0 Å². The molecule has 0 radical (unpaired) electrons. The number of anilines is 2. The van der Waals surface area contributed by atoms with Crippen LogP contribution in [0.3, 0.4) is 0 Å². The zero-order valence-electron chi connectivity index (χ0n) is 15.6. The summed E-state index contributed by atoms with van der Waals surface area (Å²) in [5.74, 6) is 0.0606. The first-order valence-corrected chi connectivity index (χ1v) is 8.35. The molecule has 1 amide bonds. The number of hydrogen-bond acceptors (Lipinski definition) is 3. The van der Waals surface area contributed by atoms with Gasteiger partial charge in [-0.05, 0) is 41.7 Å². The summed E-state index contributed by atoms with van der Waals surface area (Å²) in [4.78, 5) is 25.6. The molecule has 0 bridgehead atoms. The van der Waals surface area contributed by atoms with E-state index < -0.39 is 0 Å². The molecule has 0 fully saturated rings. The maximum atomic E-state index is 12.7. The van der Waals surface area contributed by atoms with Gasteiger partial charge in [-0.3, -0.25) is 9.59 Å². The molecule has 4 heteroatoms. The van der Waals surface area contributed by atoms with Gasteiger partial charge in [-0.1, -0.05) is 39.0 Å². The van der Waals surface area contributed by atoms with Crippen molar-refractivity contribution in [2.45, 2.75) is 34.1 Å². The third-order valence-electron chi connectivity index (χ3n) is 4.17. The fourth-order valence-electron chi connectivity index (χ4n) is 2.85. The molecule has 0 saturated carbocycles. The van der Waals surface area contributed by atoms with E-state index in [0.29, 0.717) is 17.7 Å². The number of rotatable bonds is 4. The zero-order chi connectivity index (χ0) is 18.8. The van der Waals surface area contributed by atoms with E-state index in [1.807, 2.05) is 52.0 Å². The smallest absolute Gasteiger partial charge is 0.227 e. The first kappa shape index (κ1) is 18.7. The Bertz CT molecular complexity index is 804. The van der Waals surface area contributed by atoms with Crippen molar-refractivity contribution in [3.8, 4) is 11.1 Å². The Morgan fingerprint density at radius 1 is 1.20 bits per heavy atom. The number of carbonyl (C=O) groups is 2. The fraction of sp³-hybridized carbons (Fsp3) is 0.333. The summed E-state index contributed by atoms with van der Waals surface area (Å²) >= 11 is 0. The van der Waals surface area contributed by atoms with Gasteiger partial charge >= 0.3 is 0 Å². The minimum atomic E-state index is -0.0821. The third kappa shape index (κ3) is 4.27. The van der Waals surface area contributed by atoms with Crippen LogP contribution < -0.4 is 10.6 Å². The van der Waals surface area contributed by atoms with Crippen LogP contribution in [0, 0.1) is 12.3 Å². The second kappa shape index (κ2) is 7.09. The van der Waals surface area contributed by atoms with Gasteiger partial charge in [0.15, 0.2) is 6.29 Å². The summed E-state index contributed by atoms with van der Waals surface area (Å²) < 4.78 is 0. The van der Waals surface area contributed by atoms with Crippen LogP contribution in [0.25, 0.3) is 11.1 Å². The number of hydrogen-bond donors (Lipinski definition) is 1. The molecule has 0 saturated heterocycles. The molecular weight excluding hydrogens is 312 g/mol. The summed E-state index contributed by atoms with van der Waals surface area (Å²) in [6.45, 7) is 8.14. The summed E-state index contributed by atoms with van der Waals surface area (Å²) in [5.41, 5.74) is 10.3. The highest BCUT2D eigenvalue weighted by atomic mass is 16.2. The summed E-state index contributed by atoms with van der Waals surface area (Å²) in [6, 6.07) is 11.3. The average Bonchev–Trinajstić information content (AvgIpc) is 2.53. The topological polar surface area (TPSA) is 63.4 Å². The molecular formula is C21H26N2O2. The second-order valence-electron chi connectivity index (χ2n) is 7.62. The normalized spacial score (nSPS) is 11.2. The molecule has 0 aliphatic carbocycles. The van der Waals surface area contributed by atoms with Crippen LogP contribution in [-0.2, 0) is 4.79 Å². The van der Waals surface area contributed by atoms with Crippen molar-refractivity contribution in [1.82, 2.24) is 0 Å². The second-order valence-corrected chi connectivity index (χ2v) is 7.62. The molecule has 2 aromatic rings. The number of nitrogen functional groups attached to an aromatic ring is 1. The molecule has 2 N–H and O–H groups in total. The molecule has 2 rings (SSSR count). The minimum absolute atomic E-state index is 0.0606. The molecule has 0 unspecified atom stereocenters. The highest BCUT2D eigenvalue weighted by Crippen LogP contribution is 2.35. The van der Waals surface area contributed by atoms with Crippen molar-refractivity contribution >= 4 is 23.6 Å². The monoisotopic (exact) mass is 338 g/mol. The lowest BCUT2D eigenvalue weighted by atomic mass is 9.91. The first-order chi connectivity index (χ1) is 11.6. The Morgan fingerprint density at radius 3 is 2.48 bits per heavy atom. The van der Waals surface area contributed by atoms with Gasteiger partial charge < -0.3 is 10.6 Å². The van der Waals surface area contributed by atoms with Gasteiger partial charge in [-0.2, -0.15) is 0 Å². The SMILES string of the molecule is Cc1cccc(N(C)C(=O)CC(C)(C)C)c1-c1ccc(N)c(C=O)c1. The van der Waals surface area contributed by atoms with E-state index in [-0.39, 0.29) is 11.3 Å². The number of aldehydes is 1. The molecule has 0 aromatic heterocycles. The minimum Gasteiger partial charge on any atom is -0.398 e. The fourth-order valence-corrected chi connectivity index (χ4v) is 2.85. The number of aryl methyl sites for hydroxylation is 1. The van der Waals surface area contributed by atoms with E-state index in [4.69, 9.17) is 5.73 Å². The maximum absolute atomic E-state index is 12.7. The lowest BCUT2D eigenvalue weighted by molar-refractivity contribution is -0.120. The number of nitrogens with two attached hydrogens (primary N) is 1. The van der Waals surface area contributed by atoms with Gasteiger partial charge in [0, 0.05) is 30.3 Å². The molecule has 25 heavy (non-hydrogen) atoms. The maximum Gasteiger partial charge on any atom is 0.227 e. The first-order valence-electron chi connectivity index (χ1n) is 8.35. The van der Waals surface area contributed by atoms with Crippen LogP contribution in [0.15, 0.2) is 36.4 Å². The van der Waals surface area contributed by atoms with Crippen molar-refractivity contribution in [2.24, 2.45) is 5.41 Å². The van der Waals surface area contributed by atoms with E-state index >= 15 is 0 Å². The lowest BCUT2D eigenvalue weighted by Gasteiger charge is -2.26. The highest BCUT2D eigenvalue weighted by molar-refractivity contribution is 5.99. The summed E-state index contributed by atoms with van der Waals surface area (Å²) in [6.07, 6.45) is 1.21. The number of amides is 1. The molecule has 0 heterocycles. The van der Waals surface area contributed by atoms with E-state index in [9.17, 15) is 9.59 Å². The van der Waals surface area contributed by atoms with Crippen molar-refractivity contribution in [3.63, 3.8) is 0 Å². The van der Waals surface area contributed by atoms with Gasteiger partial charge in [0.25, 0.3) is 0 Å². The number of benzene rings is 2. The Morgan fingerprint density at radius 2 is 1.88 bits per heavy atom. The Hall–Kier alpha value is -2.62. The summed E-state index contributed by atoms with van der Waals surface area (Å²) in [5, 5.41) is 0. The Labute approximate surface area is 149 Å². The van der Waals surface area contributed by atoms with E-state index in [1.54, 1.807) is 24.1 Å². The van der Waals surface area contributed by atoms with Crippen LogP contribution in [0.2, 0.25) is 0 Å². The van der Waals surface area contributed by atoms with Gasteiger partial charge in [0.05, 0.1) is 5.69 Å². The van der Waals surface area contributed by atoms with Crippen molar-refractivity contribution in [2.75, 3.05) is 17.7 Å². The standard InChI is InChI=1S/C21H26N2O2/c1-14-7-6-8-18(23(5)19(25)12-21(2,3)4)20(14)15-9-10-17(22)16(11-15)13-24/h6-11,13H,12,22H2,1-5H3. The zero-order valence-corrected chi connectivity index (χ0v) is 15.6. The predicted octanol–water partition coefficient (Wildman–Crippen LogP) is 4.46. The molecule has 4 nitrogen and oxygen atoms in total. The van der Waals surface area contributed by atoms with Gasteiger partial charge in [-0.15, -0.1) is 0 Å². The average molecular weight is 338 g/mol. The molecule has 0 atom stereocenters. The van der Waals surface area contributed by atoms with E-state index in [0.717, 1.165) is 28.7 Å². The quantitative estimate of drug-likeness (QED) is 0.661. The van der Waals surface area contributed by atoms with Crippen molar-refractivity contribution < 1.29 is 9.59 Å². The number of carbonyl (C=O) groups excluding carboxylic acids is 2. The van der Waals surface area contributed by atoms with Crippen LogP contribution in [0.1, 0.15) is 43.1 Å². The van der Waals surface area contributed by atoms with Gasteiger partial charge in [-0.25, -0.2) is 0 Å². The van der Waals surface area contributed by atoms with Crippen LogP contribution in [-0.4, -0.2) is 19.2 Å². The van der Waals surface area contributed by atoms with Crippen LogP contribution >= 0.6 is 0 Å². The van der Waals surface area contributed by atoms with Gasteiger partial charge in [0.1, 0.15) is 0 Å². The molecule has 2 aromatic carbocycles. The largest absolute Gasteiger partial charge is 0.398 e. The van der Waals surface area contributed by atoms with Crippen molar-refractivity contribution in [1.29, 1.82) is 0 Å². The summed E-state index contributed by atoms with van der Waals surface area (Å²) in [7, 11) is 1.80. The van der Waals surface area contributed by atoms with Crippen molar-refractivity contribution in [3.05, 3.63) is 47.5 Å². The lowest BCUT2D eigenvalue weighted by Crippen LogP contribution is -2.30. The Balaban J connectivity index is 2.54. The van der Waals surface area contributed by atoms with Gasteiger partial charge in [0.2, 0.25) is 5.91 Å².